The predicted molar refractivity (Wildman–Crippen MR) is 66.2 cm³/mol. The van der Waals surface area contributed by atoms with E-state index < -0.39 is 13.0 Å². The molecule has 0 aromatic carbocycles. The summed E-state index contributed by atoms with van der Waals surface area (Å²) in [5, 5.41) is 6.02. The van der Waals surface area contributed by atoms with Crippen LogP contribution in [0, 0.1) is 6.92 Å². The van der Waals surface area contributed by atoms with Gasteiger partial charge in [0.2, 0.25) is 5.95 Å². The Balaban J connectivity index is 2.38. The second kappa shape index (κ2) is 7.75. The molecular weight excluding hydrogens is 242 g/mol. The zero-order chi connectivity index (χ0) is 13.4. The molecule has 0 unspecified atom stereocenters. The maximum Gasteiger partial charge on any atom is 0.261 e. The zero-order valence-electron chi connectivity index (χ0n) is 10.5. The molecule has 1 heterocycles. The molecule has 2 N–H and O–H groups in total. The Morgan fingerprint density at radius 3 is 2.83 bits per heavy atom. The lowest BCUT2D eigenvalue weighted by molar-refractivity contribution is 0.0215. The maximum atomic E-state index is 11.8. The van der Waals surface area contributed by atoms with E-state index in [4.69, 9.17) is 4.74 Å². The van der Waals surface area contributed by atoms with Crippen molar-refractivity contribution in [2.75, 3.05) is 36.9 Å². The molecule has 0 saturated heterocycles. The van der Waals surface area contributed by atoms with Crippen molar-refractivity contribution in [3.63, 3.8) is 0 Å². The van der Waals surface area contributed by atoms with Gasteiger partial charge in [-0.05, 0) is 13.8 Å². The van der Waals surface area contributed by atoms with E-state index in [-0.39, 0.29) is 6.61 Å². The molecule has 102 valence electrons. The van der Waals surface area contributed by atoms with Crippen molar-refractivity contribution in [3.05, 3.63) is 11.8 Å². The first-order chi connectivity index (χ1) is 8.63. The quantitative estimate of drug-likeness (QED) is 0.699. The van der Waals surface area contributed by atoms with Crippen LogP contribution in [-0.2, 0) is 4.74 Å². The van der Waals surface area contributed by atoms with Crippen LogP contribution in [0.1, 0.15) is 12.5 Å². The SMILES string of the molecule is CCNc1ncc(C)c(NCCOCC(F)F)n1. The summed E-state index contributed by atoms with van der Waals surface area (Å²) in [4.78, 5) is 8.36. The number of aryl methyl sites for hydroxylation is 1. The lowest BCUT2D eigenvalue weighted by Crippen LogP contribution is -2.15. The molecule has 0 radical (unpaired) electrons. The van der Waals surface area contributed by atoms with Crippen molar-refractivity contribution in [1.29, 1.82) is 0 Å². The van der Waals surface area contributed by atoms with Crippen molar-refractivity contribution >= 4 is 11.8 Å². The third-order valence-electron chi connectivity index (χ3n) is 2.09. The number of halogens is 2. The molecule has 0 atom stereocenters. The highest BCUT2D eigenvalue weighted by Crippen LogP contribution is 2.11. The van der Waals surface area contributed by atoms with Crippen LogP contribution >= 0.6 is 0 Å². The standard InChI is InChI=1S/C11H18F2N4O/c1-3-14-11-16-6-8(2)10(17-11)15-4-5-18-7-9(12)13/h6,9H,3-5,7H2,1-2H3,(H2,14,15,16,17). The molecule has 1 aromatic rings. The fourth-order valence-electron chi connectivity index (χ4n) is 1.28. The molecule has 0 aliphatic rings. The first-order valence-corrected chi connectivity index (χ1v) is 5.80. The Hall–Kier alpha value is -1.50. The van der Waals surface area contributed by atoms with Crippen molar-refractivity contribution in [2.45, 2.75) is 20.3 Å². The highest BCUT2D eigenvalue weighted by Gasteiger charge is 2.04. The van der Waals surface area contributed by atoms with E-state index in [2.05, 4.69) is 20.6 Å². The first-order valence-electron chi connectivity index (χ1n) is 5.80. The number of hydrogen-bond donors (Lipinski definition) is 2. The van der Waals surface area contributed by atoms with Crippen molar-refractivity contribution in [1.82, 2.24) is 9.97 Å². The van der Waals surface area contributed by atoms with E-state index in [1.54, 1.807) is 6.20 Å². The monoisotopic (exact) mass is 260 g/mol. The molecule has 5 nitrogen and oxygen atoms in total. The van der Waals surface area contributed by atoms with Gasteiger partial charge in [0.25, 0.3) is 6.43 Å². The van der Waals surface area contributed by atoms with Gasteiger partial charge in [-0.2, -0.15) is 4.98 Å². The number of aromatic nitrogens is 2. The second-order valence-corrected chi connectivity index (χ2v) is 3.65. The summed E-state index contributed by atoms with van der Waals surface area (Å²) in [6.07, 6.45) is -0.723. The summed E-state index contributed by atoms with van der Waals surface area (Å²) in [5.74, 6) is 1.22. The van der Waals surface area contributed by atoms with E-state index in [1.165, 1.54) is 0 Å². The van der Waals surface area contributed by atoms with Gasteiger partial charge in [-0.1, -0.05) is 0 Å². The predicted octanol–water partition coefficient (Wildman–Crippen LogP) is 1.91. The molecule has 0 amide bonds. The summed E-state index contributed by atoms with van der Waals surface area (Å²) in [7, 11) is 0. The van der Waals surface area contributed by atoms with Gasteiger partial charge in [0.15, 0.2) is 0 Å². The summed E-state index contributed by atoms with van der Waals surface area (Å²) in [6.45, 7) is 4.67. The summed E-state index contributed by atoms with van der Waals surface area (Å²) < 4.78 is 28.4. The molecule has 18 heavy (non-hydrogen) atoms. The average Bonchev–Trinajstić information content (AvgIpc) is 2.32. The van der Waals surface area contributed by atoms with Gasteiger partial charge in [-0.3, -0.25) is 0 Å². The van der Waals surface area contributed by atoms with Gasteiger partial charge in [-0.15, -0.1) is 0 Å². The fourth-order valence-corrected chi connectivity index (χ4v) is 1.28. The Morgan fingerprint density at radius 1 is 1.39 bits per heavy atom. The van der Waals surface area contributed by atoms with Crippen LogP contribution < -0.4 is 10.6 Å². The molecule has 0 spiro atoms. The highest BCUT2D eigenvalue weighted by molar-refractivity contribution is 5.46. The van der Waals surface area contributed by atoms with Crippen molar-refractivity contribution in [2.24, 2.45) is 0 Å². The molecule has 0 bridgehead atoms. The van der Waals surface area contributed by atoms with Gasteiger partial charge in [0.05, 0.1) is 6.61 Å². The lowest BCUT2D eigenvalue weighted by Gasteiger charge is -2.10. The number of alkyl halides is 2. The van der Waals surface area contributed by atoms with Gasteiger partial charge in [-0.25, -0.2) is 13.8 Å². The minimum absolute atomic E-state index is 0.213. The Morgan fingerprint density at radius 2 is 2.17 bits per heavy atom. The summed E-state index contributed by atoms with van der Waals surface area (Å²) in [6, 6.07) is 0. The summed E-state index contributed by atoms with van der Waals surface area (Å²) >= 11 is 0. The van der Waals surface area contributed by atoms with Crippen LogP contribution in [-0.4, -0.2) is 42.7 Å². The van der Waals surface area contributed by atoms with Crippen LogP contribution in [0.2, 0.25) is 0 Å². The number of anilines is 2. The number of rotatable bonds is 8. The van der Waals surface area contributed by atoms with Gasteiger partial charge < -0.3 is 15.4 Å². The molecule has 7 heteroatoms. The Kier molecular flexibility index (Phi) is 6.27. The third kappa shape index (κ3) is 5.22. The minimum atomic E-state index is -2.42. The van der Waals surface area contributed by atoms with Crippen molar-refractivity contribution < 1.29 is 13.5 Å². The second-order valence-electron chi connectivity index (χ2n) is 3.65. The molecule has 1 rings (SSSR count). The minimum Gasteiger partial charge on any atom is -0.374 e. The normalized spacial score (nSPS) is 10.7. The molecule has 0 saturated carbocycles. The Bertz CT molecular complexity index is 363. The topological polar surface area (TPSA) is 59.1 Å². The van der Waals surface area contributed by atoms with E-state index in [0.717, 1.165) is 12.1 Å². The van der Waals surface area contributed by atoms with Crippen LogP contribution in [0.15, 0.2) is 6.20 Å². The van der Waals surface area contributed by atoms with E-state index in [9.17, 15) is 8.78 Å². The molecule has 0 aliphatic heterocycles. The number of ether oxygens (including phenoxy) is 1. The highest BCUT2D eigenvalue weighted by atomic mass is 19.3. The average molecular weight is 260 g/mol. The largest absolute Gasteiger partial charge is 0.374 e. The number of nitrogens with zero attached hydrogens (tertiary/aromatic N) is 2. The van der Waals surface area contributed by atoms with E-state index >= 15 is 0 Å². The molecule has 1 aromatic heterocycles. The van der Waals surface area contributed by atoms with Crippen LogP contribution in [0.4, 0.5) is 20.5 Å². The van der Waals surface area contributed by atoms with Crippen LogP contribution in [0.5, 0.6) is 0 Å². The lowest BCUT2D eigenvalue weighted by atomic mass is 10.3. The summed E-state index contributed by atoms with van der Waals surface area (Å²) in [5.41, 5.74) is 0.894. The van der Waals surface area contributed by atoms with E-state index in [0.29, 0.717) is 18.3 Å². The van der Waals surface area contributed by atoms with E-state index in [1.807, 2.05) is 13.8 Å². The molecule has 0 aliphatic carbocycles. The zero-order valence-corrected chi connectivity index (χ0v) is 10.5. The van der Waals surface area contributed by atoms with Gasteiger partial charge in [0, 0.05) is 24.8 Å². The van der Waals surface area contributed by atoms with Crippen LogP contribution in [0.25, 0.3) is 0 Å². The Labute approximate surface area is 105 Å². The smallest absolute Gasteiger partial charge is 0.261 e. The number of nitrogens with one attached hydrogen (secondary N) is 2. The van der Waals surface area contributed by atoms with Crippen molar-refractivity contribution in [3.8, 4) is 0 Å². The molecular formula is C11H18F2N4O. The first kappa shape index (κ1) is 14.6. The molecule has 0 fully saturated rings. The maximum absolute atomic E-state index is 11.8. The van der Waals surface area contributed by atoms with Crippen LogP contribution in [0.3, 0.4) is 0 Å². The van der Waals surface area contributed by atoms with Gasteiger partial charge in [0.1, 0.15) is 12.4 Å². The number of hydrogen-bond acceptors (Lipinski definition) is 5. The third-order valence-corrected chi connectivity index (χ3v) is 2.09. The fraction of sp³-hybridized carbons (Fsp3) is 0.636. The van der Waals surface area contributed by atoms with Gasteiger partial charge >= 0.3 is 0 Å².